The van der Waals surface area contributed by atoms with Crippen LogP contribution in [0.3, 0.4) is 0 Å². The molecule has 0 bridgehead atoms. The second-order valence-electron chi connectivity index (χ2n) is 5.75. The molecular weight excluding hydrogens is 334 g/mol. The van der Waals surface area contributed by atoms with Crippen molar-refractivity contribution in [2.24, 2.45) is 0 Å². The number of rotatable bonds is 6. The Hall–Kier alpha value is -2.15. The fourth-order valence-corrected chi connectivity index (χ4v) is 2.81. The van der Waals surface area contributed by atoms with E-state index in [1.807, 2.05) is 54.6 Å². The summed E-state index contributed by atoms with van der Waals surface area (Å²) in [5, 5.41) is 7.07. The Labute approximate surface area is 153 Å². The molecule has 132 valence electrons. The van der Waals surface area contributed by atoms with Crippen LogP contribution in [0.2, 0.25) is 0 Å². The van der Waals surface area contributed by atoms with Crippen molar-refractivity contribution in [1.29, 1.82) is 0 Å². The number of para-hydroxylation sites is 3. The number of morpholine rings is 1. The average Bonchev–Trinajstić information content (AvgIpc) is 2.65. The number of hydrogen-bond donors (Lipinski definition) is 2. The first-order valence-corrected chi connectivity index (χ1v) is 8.89. The van der Waals surface area contributed by atoms with Crippen molar-refractivity contribution < 1.29 is 9.47 Å². The quantitative estimate of drug-likeness (QED) is 0.775. The number of nitrogens with one attached hydrogen (secondary N) is 2. The third kappa shape index (κ3) is 5.70. The molecule has 0 radical (unpaired) electrons. The van der Waals surface area contributed by atoms with Crippen molar-refractivity contribution in [3.05, 3.63) is 54.6 Å². The van der Waals surface area contributed by atoms with Crippen molar-refractivity contribution in [1.82, 2.24) is 10.2 Å². The summed E-state index contributed by atoms with van der Waals surface area (Å²) in [6, 6.07) is 17.5. The highest BCUT2D eigenvalue weighted by atomic mass is 32.1. The lowest BCUT2D eigenvalue weighted by Crippen LogP contribution is -2.42. The van der Waals surface area contributed by atoms with Gasteiger partial charge in [0.2, 0.25) is 0 Å². The lowest BCUT2D eigenvalue weighted by molar-refractivity contribution is 0.0389. The molecule has 0 unspecified atom stereocenters. The van der Waals surface area contributed by atoms with Crippen LogP contribution in [0.25, 0.3) is 0 Å². The fraction of sp³-hybridized carbons (Fsp3) is 0.316. The van der Waals surface area contributed by atoms with Crippen LogP contribution in [0.4, 0.5) is 5.69 Å². The first kappa shape index (κ1) is 17.7. The van der Waals surface area contributed by atoms with Gasteiger partial charge in [0.1, 0.15) is 5.75 Å². The molecule has 0 spiro atoms. The predicted octanol–water partition coefficient (Wildman–Crippen LogP) is 3.10. The van der Waals surface area contributed by atoms with E-state index in [2.05, 4.69) is 15.5 Å². The highest BCUT2D eigenvalue weighted by Crippen LogP contribution is 2.28. The maximum atomic E-state index is 5.94. The minimum absolute atomic E-state index is 0.595. The number of hydrogen-bond acceptors (Lipinski definition) is 4. The van der Waals surface area contributed by atoms with Crippen molar-refractivity contribution in [2.45, 2.75) is 0 Å². The topological polar surface area (TPSA) is 45.8 Å². The van der Waals surface area contributed by atoms with Crippen molar-refractivity contribution >= 4 is 23.0 Å². The fourth-order valence-electron chi connectivity index (χ4n) is 2.59. The van der Waals surface area contributed by atoms with Crippen LogP contribution in [0.15, 0.2) is 54.6 Å². The summed E-state index contributed by atoms with van der Waals surface area (Å²) in [6.45, 7) is 5.34. The van der Waals surface area contributed by atoms with Gasteiger partial charge in [0.15, 0.2) is 10.9 Å². The monoisotopic (exact) mass is 357 g/mol. The van der Waals surface area contributed by atoms with Gasteiger partial charge in [-0.2, -0.15) is 0 Å². The first-order chi connectivity index (χ1) is 12.3. The van der Waals surface area contributed by atoms with Gasteiger partial charge in [-0.15, -0.1) is 0 Å². The molecule has 0 saturated carbocycles. The summed E-state index contributed by atoms with van der Waals surface area (Å²) in [7, 11) is 0. The zero-order valence-electron chi connectivity index (χ0n) is 14.1. The molecular formula is C19H23N3O2S. The van der Waals surface area contributed by atoms with E-state index in [-0.39, 0.29) is 0 Å². The van der Waals surface area contributed by atoms with E-state index in [9.17, 15) is 0 Å². The number of thiocarbonyl (C=S) groups is 1. The Morgan fingerprint density at radius 2 is 1.76 bits per heavy atom. The van der Waals surface area contributed by atoms with Crippen LogP contribution in [-0.4, -0.2) is 49.4 Å². The third-order valence-electron chi connectivity index (χ3n) is 3.92. The molecule has 0 amide bonds. The van der Waals surface area contributed by atoms with Gasteiger partial charge in [-0.3, -0.25) is 4.90 Å². The molecule has 2 aromatic rings. The highest BCUT2D eigenvalue weighted by Gasteiger charge is 2.10. The van der Waals surface area contributed by atoms with Crippen LogP contribution >= 0.6 is 12.2 Å². The van der Waals surface area contributed by atoms with E-state index < -0.39 is 0 Å². The van der Waals surface area contributed by atoms with Crippen LogP contribution in [0, 0.1) is 0 Å². The Morgan fingerprint density at radius 3 is 2.56 bits per heavy atom. The summed E-state index contributed by atoms with van der Waals surface area (Å²) in [4.78, 5) is 2.37. The number of benzene rings is 2. The lowest BCUT2D eigenvalue weighted by Gasteiger charge is -2.26. The first-order valence-electron chi connectivity index (χ1n) is 8.48. The van der Waals surface area contributed by atoms with Crippen molar-refractivity contribution in [2.75, 3.05) is 44.7 Å². The molecule has 6 heteroatoms. The Bertz CT molecular complexity index is 675. The Kier molecular flexibility index (Phi) is 6.62. The van der Waals surface area contributed by atoms with E-state index in [1.54, 1.807) is 0 Å². The number of nitrogens with zero attached hydrogens (tertiary/aromatic N) is 1. The van der Waals surface area contributed by atoms with Crippen LogP contribution in [0.5, 0.6) is 11.5 Å². The van der Waals surface area contributed by atoms with Crippen molar-refractivity contribution in [3.63, 3.8) is 0 Å². The summed E-state index contributed by atoms with van der Waals surface area (Å²) in [6.07, 6.45) is 0. The summed E-state index contributed by atoms with van der Waals surface area (Å²) in [5.41, 5.74) is 0.843. The summed E-state index contributed by atoms with van der Waals surface area (Å²) >= 11 is 5.41. The maximum Gasteiger partial charge on any atom is 0.170 e. The van der Waals surface area contributed by atoms with Gasteiger partial charge in [0.25, 0.3) is 0 Å². The average molecular weight is 357 g/mol. The molecule has 25 heavy (non-hydrogen) atoms. The third-order valence-corrected chi connectivity index (χ3v) is 4.17. The van der Waals surface area contributed by atoms with Gasteiger partial charge in [-0.05, 0) is 36.5 Å². The van der Waals surface area contributed by atoms with Gasteiger partial charge in [0.05, 0.1) is 18.9 Å². The van der Waals surface area contributed by atoms with Crippen LogP contribution < -0.4 is 15.4 Å². The highest BCUT2D eigenvalue weighted by molar-refractivity contribution is 7.80. The van der Waals surface area contributed by atoms with Gasteiger partial charge in [-0.25, -0.2) is 0 Å². The smallest absolute Gasteiger partial charge is 0.170 e. The van der Waals surface area contributed by atoms with E-state index in [4.69, 9.17) is 21.7 Å². The van der Waals surface area contributed by atoms with Crippen LogP contribution in [0.1, 0.15) is 0 Å². The van der Waals surface area contributed by atoms with Gasteiger partial charge < -0.3 is 20.1 Å². The molecule has 2 N–H and O–H groups in total. The minimum Gasteiger partial charge on any atom is -0.455 e. The van der Waals surface area contributed by atoms with Gasteiger partial charge in [-0.1, -0.05) is 30.3 Å². The molecule has 1 aliphatic heterocycles. The van der Waals surface area contributed by atoms with E-state index in [0.29, 0.717) is 5.11 Å². The second-order valence-corrected chi connectivity index (χ2v) is 6.15. The molecule has 3 rings (SSSR count). The van der Waals surface area contributed by atoms with Crippen molar-refractivity contribution in [3.8, 4) is 11.5 Å². The summed E-state index contributed by atoms with van der Waals surface area (Å²) < 4.78 is 11.3. The minimum atomic E-state index is 0.595. The zero-order chi connectivity index (χ0) is 17.3. The molecule has 5 nitrogen and oxygen atoms in total. The zero-order valence-corrected chi connectivity index (χ0v) is 14.9. The SMILES string of the molecule is S=C(NCCN1CCOCC1)Nc1ccccc1Oc1ccccc1. The molecule has 0 aromatic heterocycles. The molecule has 1 heterocycles. The lowest BCUT2D eigenvalue weighted by atomic mass is 10.3. The predicted molar refractivity (Wildman–Crippen MR) is 104 cm³/mol. The van der Waals surface area contributed by atoms with E-state index in [1.165, 1.54) is 0 Å². The standard InChI is InChI=1S/C19H23N3O2S/c25-19(20-10-11-22-12-14-23-15-13-22)21-17-8-4-5-9-18(17)24-16-6-2-1-3-7-16/h1-9H,10-15H2,(H2,20,21,25). The van der Waals surface area contributed by atoms with Crippen LogP contribution in [-0.2, 0) is 4.74 Å². The number of ether oxygens (including phenoxy) is 2. The van der Waals surface area contributed by atoms with Gasteiger partial charge in [0, 0.05) is 26.2 Å². The van der Waals surface area contributed by atoms with Gasteiger partial charge >= 0.3 is 0 Å². The Morgan fingerprint density at radius 1 is 1.04 bits per heavy atom. The number of anilines is 1. The maximum absolute atomic E-state index is 5.94. The molecule has 2 aromatic carbocycles. The molecule has 0 aliphatic carbocycles. The summed E-state index contributed by atoms with van der Waals surface area (Å²) in [5.74, 6) is 1.54. The Balaban J connectivity index is 1.50. The van der Waals surface area contributed by atoms with E-state index >= 15 is 0 Å². The molecule has 1 fully saturated rings. The van der Waals surface area contributed by atoms with E-state index in [0.717, 1.165) is 56.6 Å². The largest absolute Gasteiger partial charge is 0.455 e. The normalized spacial score (nSPS) is 14.7. The molecule has 0 atom stereocenters. The molecule has 1 aliphatic rings. The second kappa shape index (κ2) is 9.36. The molecule has 1 saturated heterocycles.